The van der Waals surface area contributed by atoms with Crippen LogP contribution in [0.2, 0.25) is 15.4 Å². The zero-order valence-electron chi connectivity index (χ0n) is 12.9. The molecule has 2 heteroatoms. The van der Waals surface area contributed by atoms with Gasteiger partial charge in [-0.2, -0.15) is 0 Å². The van der Waals surface area contributed by atoms with Gasteiger partial charge in [-0.1, -0.05) is 13.3 Å². The van der Waals surface area contributed by atoms with Crippen LogP contribution in [0.25, 0.3) is 0 Å². The van der Waals surface area contributed by atoms with Gasteiger partial charge in [0.25, 0.3) is 0 Å². The van der Waals surface area contributed by atoms with Gasteiger partial charge in [-0.3, -0.25) is 0 Å². The Balaban J connectivity index is 3.03. The molecule has 0 aromatic carbocycles. The number of hydrogen-bond donors (Lipinski definition) is 0. The van der Waals surface area contributed by atoms with Gasteiger partial charge in [0.1, 0.15) is 0 Å². The second kappa shape index (κ2) is 16.1. The van der Waals surface area contributed by atoms with Gasteiger partial charge < -0.3 is 0 Å². The van der Waals surface area contributed by atoms with Crippen LogP contribution < -0.4 is 0 Å². The molecule has 0 atom stereocenters. The van der Waals surface area contributed by atoms with E-state index in [0.29, 0.717) is 0 Å². The van der Waals surface area contributed by atoms with E-state index in [1.807, 2.05) is 0 Å². The molecule has 0 aromatic rings. The van der Waals surface area contributed by atoms with Crippen molar-refractivity contribution in [3.63, 3.8) is 0 Å². The third-order valence-electron chi connectivity index (χ3n) is 3.57. The summed E-state index contributed by atoms with van der Waals surface area (Å²) in [6.07, 6.45) is 17.8. The Kier molecular flexibility index (Phi) is 17.0. The zero-order valence-corrected chi connectivity index (χ0v) is 16.3. The summed E-state index contributed by atoms with van der Waals surface area (Å²) in [5.41, 5.74) is 0. The van der Waals surface area contributed by atoms with Gasteiger partial charge in [0, 0.05) is 0 Å². The predicted octanol–water partition coefficient (Wildman–Crippen LogP) is 5.94. The molecule has 0 aliphatic rings. The van der Waals surface area contributed by atoms with E-state index >= 15 is 0 Å². The summed E-state index contributed by atoms with van der Waals surface area (Å²) >= 11 is 1.82. The number of rotatable bonds is 14. The summed E-state index contributed by atoms with van der Waals surface area (Å²) in [6.45, 7) is 2.30. The summed E-state index contributed by atoms with van der Waals surface area (Å²) in [5.74, 6) is 4.84. The molecular formula is C16H34Se2. The minimum absolute atomic E-state index is 0.910. The van der Waals surface area contributed by atoms with Crippen molar-refractivity contribution in [1.82, 2.24) is 0 Å². The van der Waals surface area contributed by atoms with Crippen molar-refractivity contribution in [3.8, 4) is 0 Å². The first-order valence-electron chi connectivity index (χ1n) is 7.90. The molecular weight excluding hydrogens is 350 g/mol. The van der Waals surface area contributed by atoms with E-state index in [9.17, 15) is 0 Å². The van der Waals surface area contributed by atoms with Crippen molar-refractivity contribution in [2.75, 3.05) is 0 Å². The van der Waals surface area contributed by atoms with Gasteiger partial charge in [0.15, 0.2) is 0 Å². The van der Waals surface area contributed by atoms with Crippen LogP contribution in [0, 0.1) is 0 Å². The van der Waals surface area contributed by atoms with E-state index < -0.39 is 0 Å². The van der Waals surface area contributed by atoms with Gasteiger partial charge in [-0.15, -0.1) is 0 Å². The van der Waals surface area contributed by atoms with Crippen molar-refractivity contribution in [2.45, 2.75) is 99.3 Å². The molecule has 0 radical (unpaired) electrons. The Morgan fingerprint density at radius 1 is 0.611 bits per heavy atom. The summed E-state index contributed by atoms with van der Waals surface area (Å²) in [6, 6.07) is 0. The van der Waals surface area contributed by atoms with Gasteiger partial charge in [-0.05, 0) is 0 Å². The van der Waals surface area contributed by atoms with Crippen LogP contribution in [0.4, 0.5) is 0 Å². The molecule has 0 nitrogen and oxygen atoms in total. The maximum atomic E-state index is 2.42. The molecule has 0 heterocycles. The van der Waals surface area contributed by atoms with E-state index in [2.05, 4.69) is 18.6 Å². The molecule has 0 bridgehead atoms. The molecule has 0 rings (SSSR count). The van der Waals surface area contributed by atoms with Gasteiger partial charge >= 0.3 is 116 Å². The maximum absolute atomic E-state index is 2.42. The van der Waals surface area contributed by atoms with Crippen molar-refractivity contribution < 1.29 is 0 Å². The van der Waals surface area contributed by atoms with Crippen LogP contribution in [-0.2, 0) is 0 Å². The first kappa shape index (κ1) is 19.0. The van der Waals surface area contributed by atoms with Crippen LogP contribution in [0.5, 0.6) is 0 Å². The van der Waals surface area contributed by atoms with Gasteiger partial charge in [0.05, 0.1) is 0 Å². The molecule has 0 N–H and O–H groups in total. The minimum atomic E-state index is 0.910. The Bertz CT molecular complexity index is 144. The number of unbranched alkanes of at least 4 members (excludes halogenated alkanes) is 10. The second-order valence-electron chi connectivity index (χ2n) is 5.23. The van der Waals surface area contributed by atoms with Crippen molar-refractivity contribution in [3.05, 3.63) is 0 Å². The normalized spacial score (nSPS) is 11.3. The summed E-state index contributed by atoms with van der Waals surface area (Å²) in [5, 5.41) is 0. The molecule has 0 fully saturated rings. The molecule has 0 amide bonds. The number of hydrogen-bond acceptors (Lipinski definition) is 0. The van der Waals surface area contributed by atoms with Crippen LogP contribution in [0.3, 0.4) is 0 Å². The zero-order chi connectivity index (χ0) is 13.5. The van der Waals surface area contributed by atoms with E-state index in [0.717, 1.165) is 33.6 Å². The van der Waals surface area contributed by atoms with E-state index in [4.69, 9.17) is 0 Å². The van der Waals surface area contributed by atoms with Crippen LogP contribution in [0.1, 0.15) is 84.0 Å². The van der Waals surface area contributed by atoms with Crippen molar-refractivity contribution in [2.24, 2.45) is 0 Å². The van der Waals surface area contributed by atoms with Gasteiger partial charge in [-0.25, -0.2) is 0 Å². The third-order valence-corrected chi connectivity index (χ3v) is 11.0. The van der Waals surface area contributed by atoms with E-state index in [1.165, 1.54) is 77.0 Å². The van der Waals surface area contributed by atoms with Crippen molar-refractivity contribution in [1.29, 1.82) is 0 Å². The fourth-order valence-electron chi connectivity index (χ4n) is 2.31. The van der Waals surface area contributed by atoms with Crippen LogP contribution in [-0.4, -0.2) is 29.9 Å². The monoisotopic (exact) mass is 386 g/mol. The van der Waals surface area contributed by atoms with Crippen molar-refractivity contribution >= 4 is 29.9 Å². The first-order valence-corrected chi connectivity index (χ1v) is 13.3. The molecule has 0 spiro atoms. The third kappa shape index (κ3) is 13.5. The first-order chi connectivity index (χ1) is 8.85. The molecule has 0 aliphatic carbocycles. The molecule has 0 saturated heterocycles. The summed E-state index contributed by atoms with van der Waals surface area (Å²) < 4.78 is 1.13. The molecule has 0 aliphatic heterocycles. The second-order valence-corrected chi connectivity index (χ2v) is 11.1. The van der Waals surface area contributed by atoms with Crippen LogP contribution in [0.15, 0.2) is 0 Å². The fourth-order valence-corrected chi connectivity index (χ4v) is 6.50. The van der Waals surface area contributed by atoms with Crippen LogP contribution >= 0.6 is 0 Å². The molecule has 0 aromatic heterocycles. The summed E-state index contributed by atoms with van der Waals surface area (Å²) in [7, 11) is 0. The SMILES string of the molecule is CCCCCCCCCCCCCC([Se]C)[Se]C. The van der Waals surface area contributed by atoms with E-state index in [-0.39, 0.29) is 0 Å². The average molecular weight is 384 g/mol. The summed E-state index contributed by atoms with van der Waals surface area (Å²) in [4.78, 5) is 0. The molecule has 110 valence electrons. The Morgan fingerprint density at radius 3 is 1.39 bits per heavy atom. The standard InChI is InChI=1S/C16H34Se2/c1-4-5-6-7-8-9-10-11-12-13-14-15-16(17-2)18-3/h16H,4-15H2,1-3H3. The quantitative estimate of drug-likeness (QED) is 0.257. The average Bonchev–Trinajstić information content (AvgIpc) is 2.40. The van der Waals surface area contributed by atoms with E-state index in [1.54, 1.807) is 0 Å². The fraction of sp³-hybridized carbons (Fsp3) is 1.00. The predicted molar refractivity (Wildman–Crippen MR) is 88.1 cm³/mol. The topological polar surface area (TPSA) is 0 Å². The Morgan fingerprint density at radius 2 is 1.00 bits per heavy atom. The Labute approximate surface area is 129 Å². The molecule has 0 unspecified atom stereocenters. The van der Waals surface area contributed by atoms with Gasteiger partial charge in [0.2, 0.25) is 0 Å². The Hall–Kier alpha value is 1.04. The molecule has 0 saturated carbocycles. The molecule has 18 heavy (non-hydrogen) atoms.